The van der Waals surface area contributed by atoms with Crippen LogP contribution in [0.4, 0.5) is 4.39 Å². The molecule has 0 aromatic heterocycles. The van der Waals surface area contributed by atoms with E-state index in [4.69, 9.17) is 0 Å². The van der Waals surface area contributed by atoms with Crippen LogP contribution in [0.2, 0.25) is 0 Å². The molecule has 98 valence electrons. The largest absolute Gasteiger partial charge is 0.353 e. The fourth-order valence-electron chi connectivity index (χ4n) is 2.65. The second-order valence-electron chi connectivity index (χ2n) is 5.94. The molecule has 1 N–H and O–H groups in total. The fraction of sp³-hybridized carbons (Fsp3) is 0.533. The molecular formula is C15H20FNO. The minimum absolute atomic E-state index is 0.0807. The standard InChI is InChI=1S/C15H20FNO/c1-15(2)8-7-12(10-15)17-14(18)9-11-5-3-4-6-13(11)16/h3-6,12H,7-10H2,1-2H3,(H,17,18). The van der Waals surface area contributed by atoms with Crippen LogP contribution in [0.25, 0.3) is 0 Å². The number of hydrogen-bond acceptors (Lipinski definition) is 1. The van der Waals surface area contributed by atoms with E-state index >= 15 is 0 Å². The topological polar surface area (TPSA) is 29.1 Å². The smallest absolute Gasteiger partial charge is 0.224 e. The first kappa shape index (κ1) is 13.1. The van der Waals surface area contributed by atoms with Gasteiger partial charge >= 0.3 is 0 Å². The second kappa shape index (κ2) is 5.09. The van der Waals surface area contributed by atoms with E-state index in [1.807, 2.05) is 0 Å². The van der Waals surface area contributed by atoms with Crippen molar-refractivity contribution in [2.45, 2.75) is 45.6 Å². The van der Waals surface area contributed by atoms with Gasteiger partial charge in [-0.15, -0.1) is 0 Å². The van der Waals surface area contributed by atoms with E-state index in [0.717, 1.165) is 19.3 Å². The van der Waals surface area contributed by atoms with Crippen LogP contribution in [0.15, 0.2) is 24.3 Å². The van der Waals surface area contributed by atoms with Crippen LogP contribution >= 0.6 is 0 Å². The van der Waals surface area contributed by atoms with Crippen molar-refractivity contribution in [1.29, 1.82) is 0 Å². The summed E-state index contributed by atoms with van der Waals surface area (Å²) >= 11 is 0. The Morgan fingerprint density at radius 1 is 1.44 bits per heavy atom. The van der Waals surface area contributed by atoms with Crippen molar-refractivity contribution >= 4 is 5.91 Å². The van der Waals surface area contributed by atoms with Gasteiger partial charge in [-0.3, -0.25) is 4.79 Å². The van der Waals surface area contributed by atoms with Crippen LogP contribution in [0.3, 0.4) is 0 Å². The number of rotatable bonds is 3. The maximum absolute atomic E-state index is 13.4. The molecule has 18 heavy (non-hydrogen) atoms. The molecule has 0 heterocycles. The number of benzene rings is 1. The second-order valence-corrected chi connectivity index (χ2v) is 5.94. The summed E-state index contributed by atoms with van der Waals surface area (Å²) in [6.45, 7) is 4.44. The van der Waals surface area contributed by atoms with E-state index in [1.54, 1.807) is 18.2 Å². The van der Waals surface area contributed by atoms with Crippen LogP contribution in [-0.2, 0) is 11.2 Å². The zero-order valence-electron chi connectivity index (χ0n) is 11.0. The summed E-state index contributed by atoms with van der Waals surface area (Å²) in [5.41, 5.74) is 0.780. The van der Waals surface area contributed by atoms with Gasteiger partial charge in [0.15, 0.2) is 0 Å². The Morgan fingerprint density at radius 2 is 2.17 bits per heavy atom. The number of amides is 1. The lowest BCUT2D eigenvalue weighted by molar-refractivity contribution is -0.121. The number of hydrogen-bond donors (Lipinski definition) is 1. The monoisotopic (exact) mass is 249 g/mol. The first-order valence-corrected chi connectivity index (χ1v) is 6.49. The van der Waals surface area contributed by atoms with E-state index in [-0.39, 0.29) is 24.2 Å². The maximum Gasteiger partial charge on any atom is 0.224 e. The molecule has 1 aromatic rings. The maximum atomic E-state index is 13.4. The third-order valence-electron chi connectivity index (χ3n) is 3.64. The normalized spacial score (nSPS) is 21.8. The first-order valence-electron chi connectivity index (χ1n) is 6.49. The Hall–Kier alpha value is -1.38. The van der Waals surface area contributed by atoms with Gasteiger partial charge in [0.1, 0.15) is 5.82 Å². The van der Waals surface area contributed by atoms with Crippen molar-refractivity contribution in [2.24, 2.45) is 5.41 Å². The van der Waals surface area contributed by atoms with Gasteiger partial charge in [-0.05, 0) is 36.3 Å². The highest BCUT2D eigenvalue weighted by molar-refractivity contribution is 5.78. The van der Waals surface area contributed by atoms with Crippen molar-refractivity contribution < 1.29 is 9.18 Å². The number of halogens is 1. The van der Waals surface area contributed by atoms with Gasteiger partial charge in [-0.1, -0.05) is 32.0 Å². The summed E-state index contributed by atoms with van der Waals surface area (Å²) in [4.78, 5) is 11.9. The zero-order chi connectivity index (χ0) is 13.2. The van der Waals surface area contributed by atoms with Crippen molar-refractivity contribution in [1.82, 2.24) is 5.32 Å². The highest BCUT2D eigenvalue weighted by Gasteiger charge is 2.31. The van der Waals surface area contributed by atoms with Gasteiger partial charge in [-0.25, -0.2) is 4.39 Å². The molecule has 1 aliphatic carbocycles. The lowest BCUT2D eigenvalue weighted by Gasteiger charge is -2.17. The van der Waals surface area contributed by atoms with Crippen molar-refractivity contribution in [2.75, 3.05) is 0 Å². The summed E-state index contributed by atoms with van der Waals surface area (Å²) in [5.74, 6) is -0.387. The average molecular weight is 249 g/mol. The fourth-order valence-corrected chi connectivity index (χ4v) is 2.65. The van der Waals surface area contributed by atoms with Crippen molar-refractivity contribution in [3.63, 3.8) is 0 Å². The number of carbonyl (C=O) groups is 1. The Labute approximate surface area is 108 Å². The lowest BCUT2D eigenvalue weighted by Crippen LogP contribution is -2.34. The molecule has 0 radical (unpaired) electrons. The molecule has 0 saturated heterocycles. The molecule has 1 atom stereocenters. The van der Waals surface area contributed by atoms with E-state index < -0.39 is 0 Å². The summed E-state index contributed by atoms with van der Waals surface area (Å²) in [7, 11) is 0. The minimum atomic E-state index is -0.306. The van der Waals surface area contributed by atoms with E-state index in [0.29, 0.717) is 11.0 Å². The van der Waals surface area contributed by atoms with Gasteiger partial charge in [0.05, 0.1) is 6.42 Å². The minimum Gasteiger partial charge on any atom is -0.353 e. The molecule has 1 unspecified atom stereocenters. The van der Waals surface area contributed by atoms with Gasteiger partial charge < -0.3 is 5.32 Å². The molecule has 3 heteroatoms. The van der Waals surface area contributed by atoms with Gasteiger partial charge in [-0.2, -0.15) is 0 Å². The summed E-state index contributed by atoms with van der Waals surface area (Å²) in [6, 6.07) is 6.69. The summed E-state index contributed by atoms with van der Waals surface area (Å²) < 4.78 is 13.4. The number of nitrogens with one attached hydrogen (secondary N) is 1. The molecule has 2 nitrogen and oxygen atoms in total. The zero-order valence-corrected chi connectivity index (χ0v) is 11.0. The SMILES string of the molecule is CC1(C)CCC(NC(=O)Cc2ccccc2F)C1. The van der Waals surface area contributed by atoms with Crippen LogP contribution < -0.4 is 5.32 Å². The van der Waals surface area contributed by atoms with Gasteiger partial charge in [0.25, 0.3) is 0 Å². The Bertz CT molecular complexity index is 442. The van der Waals surface area contributed by atoms with Crippen LogP contribution in [-0.4, -0.2) is 11.9 Å². The molecule has 0 bridgehead atoms. The molecule has 1 fully saturated rings. The summed E-state index contributed by atoms with van der Waals surface area (Å²) in [5, 5.41) is 3.00. The van der Waals surface area contributed by atoms with E-state index in [2.05, 4.69) is 19.2 Å². The average Bonchev–Trinajstić information content (AvgIpc) is 2.61. The van der Waals surface area contributed by atoms with Crippen molar-refractivity contribution in [3.8, 4) is 0 Å². The summed E-state index contributed by atoms with van der Waals surface area (Å²) in [6.07, 6.45) is 3.30. The lowest BCUT2D eigenvalue weighted by atomic mass is 9.92. The third-order valence-corrected chi connectivity index (χ3v) is 3.64. The molecule has 1 aliphatic rings. The molecule has 1 aromatic carbocycles. The molecule has 1 amide bonds. The van der Waals surface area contributed by atoms with Crippen molar-refractivity contribution in [3.05, 3.63) is 35.6 Å². The predicted octanol–water partition coefficient (Wildman–Crippen LogP) is 3.06. The Morgan fingerprint density at radius 3 is 2.78 bits per heavy atom. The molecular weight excluding hydrogens is 229 g/mol. The van der Waals surface area contributed by atoms with E-state index in [9.17, 15) is 9.18 Å². The van der Waals surface area contributed by atoms with Crippen LogP contribution in [0.1, 0.15) is 38.7 Å². The Balaban J connectivity index is 1.88. The molecule has 1 saturated carbocycles. The van der Waals surface area contributed by atoms with Crippen LogP contribution in [0.5, 0.6) is 0 Å². The van der Waals surface area contributed by atoms with E-state index in [1.165, 1.54) is 6.07 Å². The highest BCUT2D eigenvalue weighted by Crippen LogP contribution is 2.36. The van der Waals surface area contributed by atoms with Crippen LogP contribution in [0, 0.1) is 11.2 Å². The predicted molar refractivity (Wildman–Crippen MR) is 69.7 cm³/mol. The van der Waals surface area contributed by atoms with Gasteiger partial charge in [0.2, 0.25) is 5.91 Å². The molecule has 0 spiro atoms. The molecule has 2 rings (SSSR count). The Kier molecular flexibility index (Phi) is 3.69. The third kappa shape index (κ3) is 3.31. The molecule has 0 aliphatic heterocycles. The first-order chi connectivity index (χ1) is 8.46. The quantitative estimate of drug-likeness (QED) is 0.876. The highest BCUT2D eigenvalue weighted by atomic mass is 19.1. The number of carbonyl (C=O) groups excluding carboxylic acids is 1. The van der Waals surface area contributed by atoms with Gasteiger partial charge in [0, 0.05) is 6.04 Å².